The third kappa shape index (κ3) is 2.48. The summed E-state index contributed by atoms with van der Waals surface area (Å²) in [6, 6.07) is 0. The molecule has 0 aromatic carbocycles. The van der Waals surface area contributed by atoms with Gasteiger partial charge in [0.15, 0.2) is 0 Å². The van der Waals surface area contributed by atoms with Crippen LogP contribution in [0.2, 0.25) is 5.15 Å². The van der Waals surface area contributed by atoms with Crippen molar-refractivity contribution in [3.05, 3.63) is 17.0 Å². The highest BCUT2D eigenvalue weighted by molar-refractivity contribution is 6.32. The largest absolute Gasteiger partial charge is 0.359 e. The number of hydrogen-bond acceptors (Lipinski definition) is 5. The van der Waals surface area contributed by atoms with E-state index in [1.54, 1.807) is 0 Å². The molecular weight excluding hydrogens is 228 g/mol. The van der Waals surface area contributed by atoms with Gasteiger partial charge in [-0.2, -0.15) is 0 Å². The van der Waals surface area contributed by atoms with Crippen LogP contribution in [0.3, 0.4) is 0 Å². The molecule has 1 atom stereocenters. The molecule has 1 aliphatic heterocycles. The van der Waals surface area contributed by atoms with Crippen LogP contribution in [0, 0.1) is 5.41 Å². The quantitative estimate of drug-likeness (QED) is 0.627. The molecule has 1 saturated heterocycles. The van der Waals surface area contributed by atoms with Crippen LogP contribution >= 0.6 is 11.6 Å². The molecule has 1 aromatic heterocycles. The molecule has 0 bridgehead atoms. The Morgan fingerprint density at radius 3 is 3.06 bits per heavy atom. The first-order valence-corrected chi connectivity index (χ1v) is 5.58. The molecule has 6 heteroatoms. The highest BCUT2D eigenvalue weighted by Gasteiger charge is 2.16. The Hall–Kier alpha value is -1.20. The number of hydrogen-bond donors (Lipinski definition) is 2. The van der Waals surface area contributed by atoms with Crippen molar-refractivity contribution in [2.24, 2.45) is 0 Å². The molecule has 2 heterocycles. The lowest BCUT2D eigenvalue weighted by molar-refractivity contribution is 0.0341. The summed E-state index contributed by atoms with van der Waals surface area (Å²) in [4.78, 5) is 7.89. The first kappa shape index (κ1) is 11.3. The monoisotopic (exact) mass is 240 g/mol. The van der Waals surface area contributed by atoms with Crippen molar-refractivity contribution in [1.29, 1.82) is 5.41 Å². The summed E-state index contributed by atoms with van der Waals surface area (Å²) in [5, 5.41) is 10.7. The van der Waals surface area contributed by atoms with Crippen molar-refractivity contribution in [2.45, 2.75) is 25.5 Å². The van der Waals surface area contributed by atoms with Gasteiger partial charge in [-0.1, -0.05) is 11.6 Å². The van der Waals surface area contributed by atoms with E-state index in [0.717, 1.165) is 32.1 Å². The average molecular weight is 241 g/mol. The van der Waals surface area contributed by atoms with Gasteiger partial charge in [0.1, 0.15) is 23.5 Å². The summed E-state index contributed by atoms with van der Waals surface area (Å²) in [7, 11) is 0. The molecule has 1 unspecified atom stereocenters. The van der Waals surface area contributed by atoms with Crippen LogP contribution in [0.25, 0.3) is 0 Å². The number of anilines is 1. The Balaban J connectivity index is 2.13. The van der Waals surface area contributed by atoms with E-state index in [-0.39, 0.29) is 11.4 Å². The number of rotatable bonds is 3. The van der Waals surface area contributed by atoms with Gasteiger partial charge in [0.25, 0.3) is 0 Å². The lowest BCUT2D eigenvalue weighted by Crippen LogP contribution is -2.28. The van der Waals surface area contributed by atoms with Gasteiger partial charge in [0.05, 0.1) is 5.56 Å². The van der Waals surface area contributed by atoms with Crippen molar-refractivity contribution in [3.63, 3.8) is 0 Å². The summed E-state index contributed by atoms with van der Waals surface area (Å²) in [6.07, 6.45) is 5.65. The number of aromatic nitrogens is 2. The Labute approximate surface area is 98.7 Å². The minimum atomic E-state index is -0.0431. The second kappa shape index (κ2) is 5.23. The van der Waals surface area contributed by atoms with Crippen LogP contribution in [0.5, 0.6) is 0 Å². The van der Waals surface area contributed by atoms with Gasteiger partial charge in [-0.15, -0.1) is 0 Å². The van der Waals surface area contributed by atoms with Crippen LogP contribution in [0.4, 0.5) is 5.82 Å². The fourth-order valence-corrected chi connectivity index (χ4v) is 1.81. The molecule has 1 aliphatic rings. The fourth-order valence-electron chi connectivity index (χ4n) is 1.62. The van der Waals surface area contributed by atoms with Crippen molar-refractivity contribution in [2.75, 3.05) is 11.9 Å². The predicted octanol–water partition coefficient (Wildman–Crippen LogP) is 2.07. The third-order valence-corrected chi connectivity index (χ3v) is 2.76. The maximum atomic E-state index is 7.27. The van der Waals surface area contributed by atoms with E-state index in [0.29, 0.717) is 11.4 Å². The molecular formula is C10H13ClN4O. The molecule has 2 rings (SSSR count). The number of nitrogens with zero attached hydrogens (tertiary/aromatic N) is 2. The van der Waals surface area contributed by atoms with Gasteiger partial charge in [0, 0.05) is 12.8 Å². The van der Waals surface area contributed by atoms with Gasteiger partial charge in [-0.25, -0.2) is 9.97 Å². The first-order chi connectivity index (χ1) is 7.81. The fraction of sp³-hybridized carbons (Fsp3) is 0.500. The molecule has 0 spiro atoms. The lowest BCUT2D eigenvalue weighted by Gasteiger charge is -2.24. The topological polar surface area (TPSA) is 70.9 Å². The van der Waals surface area contributed by atoms with Gasteiger partial charge in [0.2, 0.25) is 0 Å². The molecule has 0 saturated carbocycles. The zero-order valence-electron chi connectivity index (χ0n) is 8.74. The normalized spacial score (nSPS) is 20.4. The second-order valence-electron chi connectivity index (χ2n) is 3.57. The maximum absolute atomic E-state index is 7.27. The van der Waals surface area contributed by atoms with E-state index in [4.69, 9.17) is 21.7 Å². The number of ether oxygens (including phenoxy) is 1. The summed E-state index contributed by atoms with van der Waals surface area (Å²) in [6.45, 7) is 0.760. The standard InChI is InChI=1S/C10H13ClN4O/c11-9-7(5-12)10(14-6-13-9)15-8-3-1-2-4-16-8/h5-6,8,12H,1-4H2,(H,13,14,15). The molecule has 5 nitrogen and oxygen atoms in total. The van der Waals surface area contributed by atoms with Gasteiger partial charge >= 0.3 is 0 Å². The molecule has 86 valence electrons. The summed E-state index contributed by atoms with van der Waals surface area (Å²) in [5.41, 5.74) is 0.498. The average Bonchev–Trinajstić information content (AvgIpc) is 2.31. The second-order valence-corrected chi connectivity index (χ2v) is 3.93. The van der Waals surface area contributed by atoms with Crippen LogP contribution in [0.15, 0.2) is 6.33 Å². The zero-order valence-corrected chi connectivity index (χ0v) is 9.50. The van der Waals surface area contributed by atoms with Crippen molar-refractivity contribution in [1.82, 2.24) is 9.97 Å². The Bertz CT molecular complexity index is 379. The van der Waals surface area contributed by atoms with Crippen LogP contribution in [-0.4, -0.2) is 29.0 Å². The highest BCUT2D eigenvalue weighted by Crippen LogP contribution is 2.20. The molecule has 1 fully saturated rings. The molecule has 2 N–H and O–H groups in total. The van der Waals surface area contributed by atoms with E-state index in [1.807, 2.05) is 0 Å². The molecule has 1 aromatic rings. The lowest BCUT2D eigenvalue weighted by atomic mass is 10.2. The van der Waals surface area contributed by atoms with Crippen LogP contribution < -0.4 is 5.32 Å². The summed E-state index contributed by atoms with van der Waals surface area (Å²) >= 11 is 5.86. The molecule has 0 radical (unpaired) electrons. The van der Waals surface area contributed by atoms with E-state index in [2.05, 4.69) is 15.3 Å². The van der Waals surface area contributed by atoms with Gasteiger partial charge in [-0.05, 0) is 19.3 Å². The third-order valence-electron chi connectivity index (χ3n) is 2.46. The van der Waals surface area contributed by atoms with E-state index >= 15 is 0 Å². The zero-order chi connectivity index (χ0) is 11.4. The van der Waals surface area contributed by atoms with E-state index in [1.165, 1.54) is 6.33 Å². The highest BCUT2D eigenvalue weighted by atomic mass is 35.5. The predicted molar refractivity (Wildman–Crippen MR) is 62.1 cm³/mol. The van der Waals surface area contributed by atoms with Crippen molar-refractivity contribution in [3.8, 4) is 0 Å². The van der Waals surface area contributed by atoms with Gasteiger partial charge < -0.3 is 15.5 Å². The number of nitrogens with one attached hydrogen (secondary N) is 2. The van der Waals surface area contributed by atoms with Crippen LogP contribution in [0.1, 0.15) is 24.8 Å². The molecule has 16 heavy (non-hydrogen) atoms. The summed E-state index contributed by atoms with van der Waals surface area (Å²) in [5.74, 6) is 0.557. The molecule has 0 amide bonds. The SMILES string of the molecule is N=Cc1c(Cl)ncnc1NC1CCCCO1. The first-order valence-electron chi connectivity index (χ1n) is 5.20. The minimum absolute atomic E-state index is 0.0431. The Kier molecular flexibility index (Phi) is 3.69. The summed E-state index contributed by atoms with van der Waals surface area (Å²) < 4.78 is 5.53. The van der Waals surface area contributed by atoms with E-state index in [9.17, 15) is 0 Å². The maximum Gasteiger partial charge on any atom is 0.143 e. The Morgan fingerprint density at radius 1 is 1.50 bits per heavy atom. The smallest absolute Gasteiger partial charge is 0.143 e. The van der Waals surface area contributed by atoms with Gasteiger partial charge in [-0.3, -0.25) is 0 Å². The van der Waals surface area contributed by atoms with Crippen LogP contribution in [-0.2, 0) is 4.74 Å². The Morgan fingerprint density at radius 2 is 2.38 bits per heavy atom. The number of halogens is 1. The van der Waals surface area contributed by atoms with E-state index < -0.39 is 0 Å². The minimum Gasteiger partial charge on any atom is -0.359 e. The molecule has 0 aliphatic carbocycles. The van der Waals surface area contributed by atoms with Crippen molar-refractivity contribution < 1.29 is 4.74 Å². The van der Waals surface area contributed by atoms with Crippen molar-refractivity contribution >= 4 is 23.6 Å².